The third-order valence-corrected chi connectivity index (χ3v) is 3.55. The van der Waals surface area contributed by atoms with Crippen LogP contribution in [0.15, 0.2) is 35.4 Å². The van der Waals surface area contributed by atoms with Gasteiger partial charge in [-0.15, -0.1) is 0 Å². The number of carbonyl (C=O) groups excluding carboxylic acids is 1. The molecule has 0 saturated heterocycles. The Labute approximate surface area is 125 Å². The SMILES string of the molecule is CCC1=NN(CCCOc2ccccc2)C(=O)C1CCN. The number of benzene rings is 1. The van der Waals surface area contributed by atoms with E-state index < -0.39 is 0 Å². The van der Waals surface area contributed by atoms with Gasteiger partial charge in [-0.25, -0.2) is 5.01 Å². The standard InChI is InChI=1S/C16H23N3O2/c1-2-15-14(9-10-17)16(20)19(18-15)11-6-12-21-13-7-4-3-5-8-13/h3-5,7-8,14H,2,6,9-12,17H2,1H3. The van der Waals surface area contributed by atoms with Crippen LogP contribution in [0.3, 0.4) is 0 Å². The van der Waals surface area contributed by atoms with Crippen molar-refractivity contribution in [1.29, 1.82) is 0 Å². The monoisotopic (exact) mass is 289 g/mol. The van der Waals surface area contributed by atoms with Crippen molar-refractivity contribution in [2.45, 2.75) is 26.2 Å². The fourth-order valence-corrected chi connectivity index (χ4v) is 2.45. The number of hydrogen-bond acceptors (Lipinski definition) is 4. The fourth-order valence-electron chi connectivity index (χ4n) is 2.45. The van der Waals surface area contributed by atoms with E-state index in [0.29, 0.717) is 26.1 Å². The fraction of sp³-hybridized carbons (Fsp3) is 0.500. The first-order valence-corrected chi connectivity index (χ1v) is 7.53. The molecule has 1 aromatic rings. The molecule has 0 fully saturated rings. The van der Waals surface area contributed by atoms with Crippen LogP contribution in [0.1, 0.15) is 26.2 Å². The zero-order valence-corrected chi connectivity index (χ0v) is 12.5. The second-order valence-electron chi connectivity index (χ2n) is 5.05. The van der Waals surface area contributed by atoms with E-state index >= 15 is 0 Å². The largest absolute Gasteiger partial charge is 0.494 e. The molecule has 5 heteroatoms. The second kappa shape index (κ2) is 7.78. The van der Waals surface area contributed by atoms with Crippen molar-refractivity contribution in [2.75, 3.05) is 19.7 Å². The van der Waals surface area contributed by atoms with Gasteiger partial charge in [-0.3, -0.25) is 4.79 Å². The summed E-state index contributed by atoms with van der Waals surface area (Å²) in [6.45, 7) is 3.71. The van der Waals surface area contributed by atoms with Gasteiger partial charge in [-0.1, -0.05) is 25.1 Å². The minimum absolute atomic E-state index is 0.0806. The van der Waals surface area contributed by atoms with Crippen molar-refractivity contribution < 1.29 is 9.53 Å². The van der Waals surface area contributed by atoms with E-state index in [4.69, 9.17) is 10.5 Å². The van der Waals surface area contributed by atoms with Gasteiger partial charge in [0.25, 0.3) is 5.91 Å². The van der Waals surface area contributed by atoms with Gasteiger partial charge in [0.2, 0.25) is 0 Å². The first kappa shape index (κ1) is 15.5. The molecular formula is C16H23N3O2. The Morgan fingerprint density at radius 1 is 1.33 bits per heavy atom. The molecule has 1 unspecified atom stereocenters. The molecule has 0 saturated carbocycles. The molecule has 2 N–H and O–H groups in total. The van der Waals surface area contributed by atoms with Gasteiger partial charge in [0.1, 0.15) is 5.75 Å². The highest BCUT2D eigenvalue weighted by Gasteiger charge is 2.33. The van der Waals surface area contributed by atoms with Crippen molar-refractivity contribution in [3.63, 3.8) is 0 Å². The summed E-state index contributed by atoms with van der Waals surface area (Å²) in [6, 6.07) is 9.68. The summed E-state index contributed by atoms with van der Waals surface area (Å²) in [7, 11) is 0. The lowest BCUT2D eigenvalue weighted by Gasteiger charge is -2.14. The molecule has 1 aliphatic rings. The number of para-hydroxylation sites is 1. The molecule has 1 aromatic carbocycles. The third kappa shape index (κ3) is 4.04. The molecule has 0 bridgehead atoms. The van der Waals surface area contributed by atoms with Crippen LogP contribution in [0.5, 0.6) is 5.75 Å². The van der Waals surface area contributed by atoms with E-state index in [1.54, 1.807) is 5.01 Å². The molecular weight excluding hydrogens is 266 g/mol. The molecule has 21 heavy (non-hydrogen) atoms. The molecule has 1 heterocycles. The van der Waals surface area contributed by atoms with E-state index in [-0.39, 0.29) is 11.8 Å². The van der Waals surface area contributed by atoms with Crippen molar-refractivity contribution in [2.24, 2.45) is 16.8 Å². The summed E-state index contributed by atoms with van der Waals surface area (Å²) in [5.41, 5.74) is 6.53. The Hall–Kier alpha value is -1.88. The lowest BCUT2D eigenvalue weighted by atomic mass is 9.98. The molecule has 1 amide bonds. The lowest BCUT2D eigenvalue weighted by molar-refractivity contribution is -0.132. The summed E-state index contributed by atoms with van der Waals surface area (Å²) >= 11 is 0. The number of hydrogen-bond donors (Lipinski definition) is 1. The first-order chi connectivity index (χ1) is 10.3. The number of rotatable bonds is 8. The number of hydrazone groups is 1. The smallest absolute Gasteiger partial charge is 0.251 e. The van der Waals surface area contributed by atoms with Crippen molar-refractivity contribution in [3.05, 3.63) is 30.3 Å². The zero-order chi connectivity index (χ0) is 15.1. The maximum Gasteiger partial charge on any atom is 0.251 e. The minimum atomic E-state index is -0.116. The topological polar surface area (TPSA) is 67.9 Å². The number of nitrogens with two attached hydrogens (primary N) is 1. The highest BCUT2D eigenvalue weighted by Crippen LogP contribution is 2.20. The van der Waals surface area contributed by atoms with Gasteiger partial charge in [0.15, 0.2) is 0 Å². The van der Waals surface area contributed by atoms with Crippen molar-refractivity contribution in [3.8, 4) is 5.75 Å². The minimum Gasteiger partial charge on any atom is -0.494 e. The number of nitrogens with zero attached hydrogens (tertiary/aromatic N) is 2. The molecule has 0 spiro atoms. The normalized spacial score (nSPS) is 18.0. The average molecular weight is 289 g/mol. The highest BCUT2D eigenvalue weighted by atomic mass is 16.5. The lowest BCUT2D eigenvalue weighted by Crippen LogP contribution is -2.30. The molecule has 114 valence electrons. The average Bonchev–Trinajstić information content (AvgIpc) is 2.82. The van der Waals surface area contributed by atoms with Crippen LogP contribution >= 0.6 is 0 Å². The van der Waals surface area contributed by atoms with Crippen molar-refractivity contribution >= 4 is 11.6 Å². The van der Waals surface area contributed by atoms with E-state index in [2.05, 4.69) is 5.10 Å². The Kier molecular flexibility index (Phi) is 5.75. The van der Waals surface area contributed by atoms with E-state index in [1.165, 1.54) is 0 Å². The maximum atomic E-state index is 12.2. The van der Waals surface area contributed by atoms with Gasteiger partial charge in [-0.05, 0) is 31.5 Å². The summed E-state index contributed by atoms with van der Waals surface area (Å²) in [5, 5.41) is 6.00. The summed E-state index contributed by atoms with van der Waals surface area (Å²) < 4.78 is 5.62. The molecule has 2 rings (SSSR count). The summed E-state index contributed by atoms with van der Waals surface area (Å²) in [5.74, 6) is 0.816. The molecule has 0 aromatic heterocycles. The third-order valence-electron chi connectivity index (χ3n) is 3.55. The van der Waals surface area contributed by atoms with Gasteiger partial charge < -0.3 is 10.5 Å². The number of carbonyl (C=O) groups is 1. The van der Waals surface area contributed by atoms with Gasteiger partial charge in [0, 0.05) is 13.0 Å². The Balaban J connectivity index is 1.78. The van der Waals surface area contributed by atoms with Crippen LogP contribution in [-0.4, -0.2) is 36.3 Å². The molecule has 1 atom stereocenters. The van der Waals surface area contributed by atoms with Crippen LogP contribution < -0.4 is 10.5 Å². The quantitative estimate of drug-likeness (QED) is 0.745. The van der Waals surface area contributed by atoms with Crippen molar-refractivity contribution in [1.82, 2.24) is 5.01 Å². The Morgan fingerprint density at radius 2 is 2.10 bits per heavy atom. The van der Waals surface area contributed by atoms with E-state index in [9.17, 15) is 4.79 Å². The second-order valence-corrected chi connectivity index (χ2v) is 5.05. The predicted octanol–water partition coefficient (Wildman–Crippen LogP) is 2.03. The molecule has 1 aliphatic heterocycles. The predicted molar refractivity (Wildman–Crippen MR) is 83.2 cm³/mol. The van der Waals surface area contributed by atoms with Gasteiger partial charge in [0.05, 0.1) is 18.2 Å². The van der Waals surface area contributed by atoms with Crippen LogP contribution in [0.4, 0.5) is 0 Å². The van der Waals surface area contributed by atoms with E-state index in [1.807, 2.05) is 37.3 Å². The molecule has 0 aliphatic carbocycles. The Bertz CT molecular complexity index is 488. The van der Waals surface area contributed by atoms with Gasteiger partial charge in [-0.2, -0.15) is 5.10 Å². The number of amides is 1. The Morgan fingerprint density at radius 3 is 2.76 bits per heavy atom. The van der Waals surface area contributed by atoms with Gasteiger partial charge >= 0.3 is 0 Å². The molecule has 0 radical (unpaired) electrons. The summed E-state index contributed by atoms with van der Waals surface area (Å²) in [6.07, 6.45) is 2.24. The highest BCUT2D eigenvalue weighted by molar-refractivity contribution is 6.07. The van der Waals surface area contributed by atoms with E-state index in [0.717, 1.165) is 24.3 Å². The van der Waals surface area contributed by atoms with Crippen LogP contribution in [0, 0.1) is 5.92 Å². The zero-order valence-electron chi connectivity index (χ0n) is 12.5. The summed E-state index contributed by atoms with van der Waals surface area (Å²) in [4.78, 5) is 12.2. The van der Waals surface area contributed by atoms with Crippen LogP contribution in [0.2, 0.25) is 0 Å². The van der Waals surface area contributed by atoms with Crippen LogP contribution in [0.25, 0.3) is 0 Å². The molecule has 5 nitrogen and oxygen atoms in total. The number of ether oxygens (including phenoxy) is 1. The first-order valence-electron chi connectivity index (χ1n) is 7.53. The van der Waals surface area contributed by atoms with Crippen LogP contribution in [-0.2, 0) is 4.79 Å². The maximum absolute atomic E-state index is 12.2.